The van der Waals surface area contributed by atoms with E-state index in [9.17, 15) is 0 Å². The lowest BCUT2D eigenvalue weighted by Gasteiger charge is -2.16. The molecule has 0 amide bonds. The molecule has 1 aliphatic heterocycles. The summed E-state index contributed by atoms with van der Waals surface area (Å²) in [5.41, 5.74) is 1.42. The number of aryl methyl sites for hydroxylation is 1. The van der Waals surface area contributed by atoms with E-state index < -0.39 is 0 Å². The SMILES string of the molecule is COc1ccc(CC2CCN(CCCn3cccn3)C2)cc1. The van der Waals surface area contributed by atoms with E-state index in [4.69, 9.17) is 4.74 Å². The Morgan fingerprint density at radius 3 is 2.82 bits per heavy atom. The lowest BCUT2D eigenvalue weighted by molar-refractivity contribution is 0.309. The number of hydrogen-bond acceptors (Lipinski definition) is 3. The van der Waals surface area contributed by atoms with Gasteiger partial charge in [0.1, 0.15) is 5.75 Å². The van der Waals surface area contributed by atoms with Gasteiger partial charge in [-0.15, -0.1) is 0 Å². The van der Waals surface area contributed by atoms with E-state index in [1.165, 1.54) is 44.5 Å². The Morgan fingerprint density at radius 1 is 1.23 bits per heavy atom. The molecule has 118 valence electrons. The number of benzene rings is 1. The standard InChI is InChI=1S/C18H25N3O/c1-22-18-6-4-16(5-7-18)14-17-8-13-20(15-17)10-3-12-21-11-2-9-19-21/h2,4-7,9,11,17H,3,8,10,12-15H2,1H3. The Kier molecular flexibility index (Phi) is 5.11. The van der Waals surface area contributed by atoms with Crippen molar-refractivity contribution in [3.05, 3.63) is 48.3 Å². The van der Waals surface area contributed by atoms with Gasteiger partial charge >= 0.3 is 0 Å². The van der Waals surface area contributed by atoms with Crippen molar-refractivity contribution in [3.8, 4) is 5.75 Å². The van der Waals surface area contributed by atoms with Gasteiger partial charge in [-0.05, 0) is 62.0 Å². The largest absolute Gasteiger partial charge is 0.497 e. The predicted octanol–water partition coefficient (Wildman–Crippen LogP) is 2.85. The molecule has 2 heterocycles. The predicted molar refractivity (Wildman–Crippen MR) is 88.1 cm³/mol. The molecular formula is C18H25N3O. The maximum absolute atomic E-state index is 5.22. The second-order valence-electron chi connectivity index (χ2n) is 6.13. The molecule has 1 aliphatic rings. The zero-order valence-electron chi connectivity index (χ0n) is 13.3. The van der Waals surface area contributed by atoms with E-state index in [2.05, 4.69) is 34.3 Å². The summed E-state index contributed by atoms with van der Waals surface area (Å²) in [5, 5.41) is 4.25. The second-order valence-corrected chi connectivity index (χ2v) is 6.13. The van der Waals surface area contributed by atoms with E-state index in [1.807, 2.05) is 23.1 Å². The zero-order chi connectivity index (χ0) is 15.2. The lowest BCUT2D eigenvalue weighted by Crippen LogP contribution is -2.23. The highest BCUT2D eigenvalue weighted by Gasteiger charge is 2.22. The summed E-state index contributed by atoms with van der Waals surface area (Å²) in [7, 11) is 1.72. The molecule has 2 aromatic rings. The van der Waals surface area contributed by atoms with Crippen molar-refractivity contribution in [1.82, 2.24) is 14.7 Å². The van der Waals surface area contributed by atoms with Crippen LogP contribution in [0.15, 0.2) is 42.7 Å². The highest BCUT2D eigenvalue weighted by Crippen LogP contribution is 2.22. The van der Waals surface area contributed by atoms with Crippen molar-refractivity contribution in [2.75, 3.05) is 26.7 Å². The Labute approximate surface area is 132 Å². The third kappa shape index (κ3) is 4.10. The minimum atomic E-state index is 0.790. The molecule has 0 saturated carbocycles. The zero-order valence-corrected chi connectivity index (χ0v) is 13.3. The van der Waals surface area contributed by atoms with Crippen molar-refractivity contribution in [2.24, 2.45) is 5.92 Å². The molecule has 1 aromatic heterocycles. The molecule has 0 radical (unpaired) electrons. The number of aromatic nitrogens is 2. The van der Waals surface area contributed by atoms with Gasteiger partial charge in [0.05, 0.1) is 7.11 Å². The Balaban J connectivity index is 1.39. The first-order chi connectivity index (χ1) is 10.8. The molecule has 4 heteroatoms. The van der Waals surface area contributed by atoms with Gasteiger partial charge in [-0.2, -0.15) is 5.10 Å². The summed E-state index contributed by atoms with van der Waals surface area (Å²) in [5.74, 6) is 1.73. The molecule has 22 heavy (non-hydrogen) atoms. The van der Waals surface area contributed by atoms with Gasteiger partial charge < -0.3 is 9.64 Å². The molecule has 0 spiro atoms. The van der Waals surface area contributed by atoms with Gasteiger partial charge in [0.15, 0.2) is 0 Å². The Bertz CT molecular complexity index is 550. The van der Waals surface area contributed by atoms with Gasteiger partial charge in [-0.1, -0.05) is 12.1 Å². The molecule has 1 saturated heterocycles. The van der Waals surface area contributed by atoms with E-state index in [1.54, 1.807) is 7.11 Å². The van der Waals surface area contributed by atoms with Crippen LogP contribution in [0.25, 0.3) is 0 Å². The molecule has 0 bridgehead atoms. The van der Waals surface area contributed by atoms with Crippen molar-refractivity contribution in [3.63, 3.8) is 0 Å². The monoisotopic (exact) mass is 299 g/mol. The van der Waals surface area contributed by atoms with Crippen molar-refractivity contribution in [2.45, 2.75) is 25.8 Å². The van der Waals surface area contributed by atoms with Crippen LogP contribution in [0.2, 0.25) is 0 Å². The molecule has 1 fully saturated rings. The fraction of sp³-hybridized carbons (Fsp3) is 0.500. The summed E-state index contributed by atoms with van der Waals surface area (Å²) in [6.07, 6.45) is 7.56. The van der Waals surface area contributed by atoms with E-state index >= 15 is 0 Å². The highest BCUT2D eigenvalue weighted by molar-refractivity contribution is 5.27. The number of rotatable bonds is 7. The summed E-state index contributed by atoms with van der Waals surface area (Å²) in [6.45, 7) is 4.66. The summed E-state index contributed by atoms with van der Waals surface area (Å²) in [4.78, 5) is 2.59. The third-order valence-corrected chi connectivity index (χ3v) is 4.47. The van der Waals surface area contributed by atoms with Crippen LogP contribution in [0, 0.1) is 5.92 Å². The van der Waals surface area contributed by atoms with Crippen LogP contribution in [-0.2, 0) is 13.0 Å². The molecule has 4 nitrogen and oxygen atoms in total. The normalized spacial score (nSPS) is 18.7. The highest BCUT2D eigenvalue weighted by atomic mass is 16.5. The topological polar surface area (TPSA) is 30.3 Å². The maximum atomic E-state index is 5.22. The quantitative estimate of drug-likeness (QED) is 0.787. The van der Waals surface area contributed by atoms with E-state index in [0.29, 0.717) is 0 Å². The average molecular weight is 299 g/mol. The van der Waals surface area contributed by atoms with Gasteiger partial charge in [-0.25, -0.2) is 0 Å². The first-order valence-electron chi connectivity index (χ1n) is 8.16. The molecule has 1 atom stereocenters. The smallest absolute Gasteiger partial charge is 0.118 e. The maximum Gasteiger partial charge on any atom is 0.118 e. The van der Waals surface area contributed by atoms with Gasteiger partial charge in [-0.3, -0.25) is 4.68 Å². The average Bonchev–Trinajstić information content (AvgIpc) is 3.20. The lowest BCUT2D eigenvalue weighted by atomic mass is 9.99. The number of likely N-dealkylation sites (tertiary alicyclic amines) is 1. The Morgan fingerprint density at radius 2 is 2.09 bits per heavy atom. The van der Waals surface area contributed by atoms with Crippen LogP contribution in [0.1, 0.15) is 18.4 Å². The third-order valence-electron chi connectivity index (χ3n) is 4.47. The van der Waals surface area contributed by atoms with Crippen LogP contribution in [0.4, 0.5) is 0 Å². The van der Waals surface area contributed by atoms with Gasteiger partial charge in [0.2, 0.25) is 0 Å². The molecule has 0 N–H and O–H groups in total. The fourth-order valence-electron chi connectivity index (χ4n) is 3.27. The molecule has 1 aromatic carbocycles. The second kappa shape index (κ2) is 7.45. The minimum Gasteiger partial charge on any atom is -0.497 e. The van der Waals surface area contributed by atoms with Gasteiger partial charge in [0.25, 0.3) is 0 Å². The number of hydrogen-bond donors (Lipinski definition) is 0. The van der Waals surface area contributed by atoms with Crippen molar-refractivity contribution >= 4 is 0 Å². The molecule has 1 unspecified atom stereocenters. The van der Waals surface area contributed by atoms with Crippen LogP contribution in [0.3, 0.4) is 0 Å². The summed E-state index contributed by atoms with van der Waals surface area (Å²) in [6, 6.07) is 10.5. The van der Waals surface area contributed by atoms with Crippen LogP contribution in [0.5, 0.6) is 5.75 Å². The number of ether oxygens (including phenoxy) is 1. The van der Waals surface area contributed by atoms with Crippen LogP contribution < -0.4 is 4.74 Å². The minimum absolute atomic E-state index is 0.790. The molecule has 3 rings (SSSR count). The summed E-state index contributed by atoms with van der Waals surface area (Å²) >= 11 is 0. The fourth-order valence-corrected chi connectivity index (χ4v) is 3.27. The first-order valence-corrected chi connectivity index (χ1v) is 8.16. The van der Waals surface area contributed by atoms with E-state index in [0.717, 1.165) is 18.2 Å². The van der Waals surface area contributed by atoms with Gasteiger partial charge in [0, 0.05) is 25.5 Å². The number of nitrogens with zero attached hydrogens (tertiary/aromatic N) is 3. The van der Waals surface area contributed by atoms with Crippen molar-refractivity contribution < 1.29 is 4.74 Å². The van der Waals surface area contributed by atoms with Crippen LogP contribution >= 0.6 is 0 Å². The molecular weight excluding hydrogens is 274 g/mol. The van der Waals surface area contributed by atoms with Crippen LogP contribution in [-0.4, -0.2) is 41.4 Å². The summed E-state index contributed by atoms with van der Waals surface area (Å²) < 4.78 is 7.23. The number of methoxy groups -OCH3 is 1. The Hall–Kier alpha value is -1.81. The van der Waals surface area contributed by atoms with E-state index in [-0.39, 0.29) is 0 Å². The first kappa shape index (κ1) is 15.1. The molecule has 0 aliphatic carbocycles. The van der Waals surface area contributed by atoms with Crippen molar-refractivity contribution in [1.29, 1.82) is 0 Å².